The molecule has 2 N–H and O–H groups in total. The second kappa shape index (κ2) is 6.64. The zero-order valence-electron chi connectivity index (χ0n) is 5.24. The van der Waals surface area contributed by atoms with Crippen LogP contribution in [0.1, 0.15) is 0 Å². The Morgan fingerprint density at radius 2 is 1.40 bits per heavy atom. The van der Waals surface area contributed by atoms with Crippen molar-refractivity contribution in [3.63, 3.8) is 0 Å². The van der Waals surface area contributed by atoms with Crippen LogP contribution in [-0.4, -0.2) is 35.4 Å². The molecule has 0 amide bonds. The number of ether oxygens (including phenoxy) is 1. The molecule has 0 unspecified atom stereocenters. The Morgan fingerprint density at radius 1 is 1.10 bits per heavy atom. The molecule has 0 aliphatic heterocycles. The molecular formula is C4H6O5Zn. The van der Waals surface area contributed by atoms with Gasteiger partial charge in [0.1, 0.15) is 13.2 Å². The van der Waals surface area contributed by atoms with E-state index in [-0.39, 0.29) is 19.5 Å². The molecule has 0 fully saturated rings. The summed E-state index contributed by atoms with van der Waals surface area (Å²) in [7, 11) is 0. The van der Waals surface area contributed by atoms with E-state index < -0.39 is 25.2 Å². The third-order valence-corrected chi connectivity index (χ3v) is 0.451. The van der Waals surface area contributed by atoms with Crippen molar-refractivity contribution in [3.05, 3.63) is 0 Å². The molecule has 10 heavy (non-hydrogen) atoms. The van der Waals surface area contributed by atoms with Gasteiger partial charge in [0, 0.05) is 19.5 Å². The summed E-state index contributed by atoms with van der Waals surface area (Å²) in [5.41, 5.74) is 0. The maximum absolute atomic E-state index is 9.66. The largest absolute Gasteiger partial charge is 0.480 e. The van der Waals surface area contributed by atoms with Crippen LogP contribution in [0.15, 0.2) is 0 Å². The number of hydrogen-bond donors (Lipinski definition) is 2. The van der Waals surface area contributed by atoms with Crippen LogP contribution in [0.2, 0.25) is 0 Å². The first kappa shape index (κ1) is 12.2. The van der Waals surface area contributed by atoms with Crippen LogP contribution in [0.4, 0.5) is 0 Å². The summed E-state index contributed by atoms with van der Waals surface area (Å²) in [6.45, 7) is -1.13. The Bertz CT molecular complexity index is 109. The Morgan fingerprint density at radius 3 is 1.60 bits per heavy atom. The van der Waals surface area contributed by atoms with Crippen molar-refractivity contribution in [2.24, 2.45) is 0 Å². The molecule has 0 spiro atoms. The molecular weight excluding hydrogens is 193 g/mol. The maximum Gasteiger partial charge on any atom is 0.329 e. The fourth-order valence-electron chi connectivity index (χ4n) is 0.226. The SMILES string of the molecule is O=C(O)COCC(=O)O.[Zn]. The molecule has 0 saturated carbocycles. The van der Waals surface area contributed by atoms with Gasteiger partial charge in [-0.25, -0.2) is 9.59 Å². The number of carboxylic acids is 2. The summed E-state index contributed by atoms with van der Waals surface area (Å²) in [6.07, 6.45) is 0. The fraction of sp³-hybridized carbons (Fsp3) is 0.500. The molecule has 0 aromatic carbocycles. The number of aliphatic carboxylic acids is 2. The summed E-state index contributed by atoms with van der Waals surface area (Å²) in [4.78, 5) is 19.3. The molecule has 6 heteroatoms. The van der Waals surface area contributed by atoms with Crippen molar-refractivity contribution >= 4 is 11.9 Å². The second-order valence-corrected chi connectivity index (χ2v) is 1.28. The Hall–Kier alpha value is -0.477. The Kier molecular flexibility index (Phi) is 8.12. The molecule has 0 atom stereocenters. The van der Waals surface area contributed by atoms with Gasteiger partial charge in [-0.3, -0.25) is 0 Å². The van der Waals surface area contributed by atoms with Gasteiger partial charge in [0.2, 0.25) is 0 Å². The molecule has 0 radical (unpaired) electrons. The van der Waals surface area contributed by atoms with Crippen LogP contribution in [-0.2, 0) is 33.8 Å². The van der Waals surface area contributed by atoms with E-state index >= 15 is 0 Å². The molecule has 0 saturated heterocycles. The van der Waals surface area contributed by atoms with Crippen LogP contribution in [0, 0.1) is 0 Å². The summed E-state index contributed by atoms with van der Waals surface area (Å²) < 4.78 is 4.16. The minimum Gasteiger partial charge on any atom is -0.480 e. The van der Waals surface area contributed by atoms with Gasteiger partial charge < -0.3 is 14.9 Å². The smallest absolute Gasteiger partial charge is 0.329 e. The van der Waals surface area contributed by atoms with Crippen molar-refractivity contribution in [1.29, 1.82) is 0 Å². The van der Waals surface area contributed by atoms with Crippen molar-refractivity contribution in [3.8, 4) is 0 Å². The first-order valence-corrected chi connectivity index (χ1v) is 2.14. The molecule has 0 aliphatic rings. The van der Waals surface area contributed by atoms with Crippen LogP contribution in [0.3, 0.4) is 0 Å². The number of rotatable bonds is 4. The van der Waals surface area contributed by atoms with Crippen molar-refractivity contribution in [2.45, 2.75) is 0 Å². The molecule has 0 rings (SSSR count). The van der Waals surface area contributed by atoms with E-state index in [9.17, 15) is 9.59 Å². The zero-order valence-corrected chi connectivity index (χ0v) is 8.21. The third kappa shape index (κ3) is 10.5. The van der Waals surface area contributed by atoms with Crippen LogP contribution in [0.25, 0.3) is 0 Å². The molecule has 0 aromatic heterocycles. The number of carboxylic acid groups (broad SMARTS) is 2. The van der Waals surface area contributed by atoms with E-state index in [0.717, 1.165) is 0 Å². The quantitative estimate of drug-likeness (QED) is 0.578. The van der Waals surface area contributed by atoms with Gasteiger partial charge in [0.15, 0.2) is 0 Å². The van der Waals surface area contributed by atoms with E-state index in [4.69, 9.17) is 10.2 Å². The first-order valence-electron chi connectivity index (χ1n) is 2.14. The monoisotopic (exact) mass is 198 g/mol. The predicted octanol–water partition coefficient (Wildman–Crippen LogP) is -0.830. The van der Waals surface area contributed by atoms with E-state index in [0.29, 0.717) is 0 Å². The number of carbonyl (C=O) groups is 2. The number of hydrogen-bond acceptors (Lipinski definition) is 3. The van der Waals surface area contributed by atoms with Gasteiger partial charge in [0.25, 0.3) is 0 Å². The predicted molar refractivity (Wildman–Crippen MR) is 26.1 cm³/mol. The molecule has 0 bridgehead atoms. The Labute approximate surface area is 69.7 Å². The first-order chi connectivity index (χ1) is 4.13. The minimum absolute atomic E-state index is 0. The molecule has 0 aromatic rings. The fourth-order valence-corrected chi connectivity index (χ4v) is 0.226. The van der Waals surface area contributed by atoms with Gasteiger partial charge in [-0.1, -0.05) is 0 Å². The van der Waals surface area contributed by atoms with Crippen molar-refractivity contribution in [1.82, 2.24) is 0 Å². The van der Waals surface area contributed by atoms with Crippen LogP contribution in [0.5, 0.6) is 0 Å². The van der Waals surface area contributed by atoms with Gasteiger partial charge in [0.05, 0.1) is 0 Å². The molecule has 5 nitrogen and oxygen atoms in total. The second-order valence-electron chi connectivity index (χ2n) is 1.28. The standard InChI is InChI=1S/C4H6O5.Zn/c5-3(6)1-9-2-4(7)8;/h1-2H2,(H,5,6)(H,7,8);. The third-order valence-electron chi connectivity index (χ3n) is 0.451. The zero-order chi connectivity index (χ0) is 7.28. The van der Waals surface area contributed by atoms with E-state index in [1.54, 1.807) is 0 Å². The van der Waals surface area contributed by atoms with E-state index in [1.807, 2.05) is 0 Å². The minimum atomic E-state index is -1.17. The van der Waals surface area contributed by atoms with Crippen LogP contribution < -0.4 is 0 Å². The summed E-state index contributed by atoms with van der Waals surface area (Å²) >= 11 is 0. The molecule has 0 heterocycles. The van der Waals surface area contributed by atoms with Crippen molar-refractivity contribution in [2.75, 3.05) is 13.2 Å². The van der Waals surface area contributed by atoms with Gasteiger partial charge in [-0.2, -0.15) is 0 Å². The van der Waals surface area contributed by atoms with Gasteiger partial charge in [-0.15, -0.1) is 0 Å². The van der Waals surface area contributed by atoms with E-state index in [1.165, 1.54) is 0 Å². The normalized spacial score (nSPS) is 8.00. The maximum atomic E-state index is 9.66. The molecule has 0 aliphatic carbocycles. The van der Waals surface area contributed by atoms with Crippen LogP contribution >= 0.6 is 0 Å². The topological polar surface area (TPSA) is 83.8 Å². The van der Waals surface area contributed by atoms with Gasteiger partial charge >= 0.3 is 11.9 Å². The van der Waals surface area contributed by atoms with E-state index in [2.05, 4.69) is 4.74 Å². The average molecular weight is 199 g/mol. The molecule has 54 valence electrons. The summed E-state index contributed by atoms with van der Waals surface area (Å²) in [5, 5.41) is 15.8. The average Bonchev–Trinajstić information content (AvgIpc) is 1.63. The Balaban J connectivity index is 0. The summed E-state index contributed by atoms with van der Waals surface area (Å²) in [5.74, 6) is -2.34. The van der Waals surface area contributed by atoms with Crippen molar-refractivity contribution < 1.29 is 44.0 Å². The summed E-state index contributed by atoms with van der Waals surface area (Å²) in [6, 6.07) is 0. The van der Waals surface area contributed by atoms with Gasteiger partial charge in [-0.05, 0) is 0 Å².